The number of fused-ring (bicyclic) bond motifs is 4. The summed E-state index contributed by atoms with van der Waals surface area (Å²) in [5.41, 5.74) is 5.61. The van der Waals surface area contributed by atoms with E-state index in [0.717, 1.165) is 12.8 Å². The Hall–Kier alpha value is -0.860. The van der Waals surface area contributed by atoms with E-state index in [0.29, 0.717) is 17.9 Å². The van der Waals surface area contributed by atoms with Gasteiger partial charge in [-0.3, -0.25) is 0 Å². The van der Waals surface area contributed by atoms with Gasteiger partial charge in [0.1, 0.15) is 0 Å². The smallest absolute Gasteiger partial charge is 0.0938 e. The molecule has 2 aliphatic carbocycles. The van der Waals surface area contributed by atoms with Crippen LogP contribution in [0.25, 0.3) is 0 Å². The standard InChI is InChI=1S/C20H28O2/c1-4-12-8-11(3)9-13(5-2)16(12)17-18(21)14-6-7-15(10-14)19-20(17)22-19/h8-9,14-15,17-21H,4-7,10H2,1-3H3. The van der Waals surface area contributed by atoms with Crippen LogP contribution in [-0.4, -0.2) is 23.4 Å². The molecule has 2 nitrogen and oxygen atoms in total. The Morgan fingerprint density at radius 3 is 2.32 bits per heavy atom. The average Bonchev–Trinajstić information content (AvgIpc) is 3.14. The molecular formula is C20H28O2. The van der Waals surface area contributed by atoms with Gasteiger partial charge in [-0.1, -0.05) is 31.5 Å². The van der Waals surface area contributed by atoms with Crippen molar-refractivity contribution >= 4 is 0 Å². The normalized spacial score (nSPS) is 39.5. The maximum absolute atomic E-state index is 11.1. The number of aryl methyl sites for hydroxylation is 3. The van der Waals surface area contributed by atoms with Gasteiger partial charge in [-0.2, -0.15) is 0 Å². The number of epoxide rings is 1. The highest BCUT2D eigenvalue weighted by Crippen LogP contribution is 2.55. The first-order valence-electron chi connectivity index (χ1n) is 9.09. The Labute approximate surface area is 133 Å². The van der Waals surface area contributed by atoms with Gasteiger partial charge >= 0.3 is 0 Å². The molecule has 1 aromatic carbocycles. The molecule has 1 saturated heterocycles. The molecule has 3 aliphatic rings. The number of rotatable bonds is 3. The summed E-state index contributed by atoms with van der Waals surface area (Å²) in [6, 6.07) is 4.64. The molecule has 2 heteroatoms. The van der Waals surface area contributed by atoms with Gasteiger partial charge in [-0.15, -0.1) is 0 Å². The van der Waals surface area contributed by atoms with Crippen molar-refractivity contribution in [2.75, 3.05) is 0 Å². The topological polar surface area (TPSA) is 32.8 Å². The number of hydrogen-bond donors (Lipinski definition) is 1. The van der Waals surface area contributed by atoms with Crippen molar-refractivity contribution in [1.82, 2.24) is 0 Å². The highest BCUT2D eigenvalue weighted by atomic mass is 16.6. The van der Waals surface area contributed by atoms with Gasteiger partial charge < -0.3 is 9.84 Å². The first-order chi connectivity index (χ1) is 10.6. The second-order valence-electron chi connectivity index (χ2n) is 7.62. The predicted molar refractivity (Wildman–Crippen MR) is 88.2 cm³/mol. The maximum atomic E-state index is 11.1. The first-order valence-corrected chi connectivity index (χ1v) is 9.09. The van der Waals surface area contributed by atoms with E-state index in [2.05, 4.69) is 32.9 Å². The molecule has 2 saturated carbocycles. The molecule has 1 N–H and O–H groups in total. The summed E-state index contributed by atoms with van der Waals surface area (Å²) in [6.45, 7) is 6.65. The number of benzene rings is 1. The van der Waals surface area contributed by atoms with Crippen molar-refractivity contribution < 1.29 is 9.84 Å². The molecule has 0 aromatic heterocycles. The van der Waals surface area contributed by atoms with Crippen LogP contribution in [0.4, 0.5) is 0 Å². The van der Waals surface area contributed by atoms with E-state index in [4.69, 9.17) is 4.74 Å². The van der Waals surface area contributed by atoms with Crippen molar-refractivity contribution in [2.24, 2.45) is 11.8 Å². The average molecular weight is 300 g/mol. The SMILES string of the molecule is CCc1cc(C)cc(CC)c1C1C(O)C2CCC(C2)C2OC21. The van der Waals surface area contributed by atoms with E-state index in [-0.39, 0.29) is 18.1 Å². The van der Waals surface area contributed by atoms with E-state index in [9.17, 15) is 5.11 Å². The zero-order chi connectivity index (χ0) is 15.4. The minimum Gasteiger partial charge on any atom is -0.392 e. The lowest BCUT2D eigenvalue weighted by atomic mass is 9.77. The van der Waals surface area contributed by atoms with Crippen molar-refractivity contribution in [3.05, 3.63) is 34.4 Å². The molecule has 2 bridgehead atoms. The number of hydrogen-bond acceptors (Lipinski definition) is 2. The molecule has 6 unspecified atom stereocenters. The minimum atomic E-state index is -0.221. The molecule has 0 spiro atoms. The van der Waals surface area contributed by atoms with E-state index in [1.165, 1.54) is 41.5 Å². The van der Waals surface area contributed by atoms with Crippen LogP contribution in [0.15, 0.2) is 12.1 Å². The largest absolute Gasteiger partial charge is 0.392 e. The fourth-order valence-electron chi connectivity index (χ4n) is 5.25. The van der Waals surface area contributed by atoms with Crippen LogP contribution < -0.4 is 0 Å². The Morgan fingerprint density at radius 2 is 1.68 bits per heavy atom. The Morgan fingerprint density at radius 1 is 1.05 bits per heavy atom. The van der Waals surface area contributed by atoms with Gasteiger partial charge in [0.25, 0.3) is 0 Å². The molecule has 1 aliphatic heterocycles. The molecule has 120 valence electrons. The molecule has 0 amide bonds. The van der Waals surface area contributed by atoms with E-state index >= 15 is 0 Å². The van der Waals surface area contributed by atoms with Crippen LogP contribution in [0.2, 0.25) is 0 Å². The zero-order valence-corrected chi connectivity index (χ0v) is 14.0. The third-order valence-corrected chi connectivity index (χ3v) is 6.34. The van der Waals surface area contributed by atoms with Gasteiger partial charge in [0, 0.05) is 5.92 Å². The highest BCUT2D eigenvalue weighted by Gasteiger charge is 2.58. The molecule has 6 atom stereocenters. The summed E-state index contributed by atoms with van der Waals surface area (Å²) in [7, 11) is 0. The molecule has 3 fully saturated rings. The molecule has 1 aromatic rings. The number of aliphatic hydroxyl groups is 1. The van der Waals surface area contributed by atoms with Gasteiger partial charge in [0.05, 0.1) is 18.3 Å². The second kappa shape index (κ2) is 5.35. The third-order valence-electron chi connectivity index (χ3n) is 6.34. The summed E-state index contributed by atoms with van der Waals surface area (Å²) in [6.07, 6.45) is 6.16. The summed E-state index contributed by atoms with van der Waals surface area (Å²) >= 11 is 0. The van der Waals surface area contributed by atoms with Crippen LogP contribution in [0, 0.1) is 18.8 Å². The Balaban J connectivity index is 1.80. The van der Waals surface area contributed by atoms with Crippen molar-refractivity contribution in [3.8, 4) is 0 Å². The predicted octanol–water partition coefficient (Wildman–Crippen LogP) is 3.76. The maximum Gasteiger partial charge on any atom is 0.0938 e. The molecule has 4 rings (SSSR count). The van der Waals surface area contributed by atoms with Crippen LogP contribution in [0.3, 0.4) is 0 Å². The lowest BCUT2D eigenvalue weighted by Crippen LogP contribution is -2.31. The van der Waals surface area contributed by atoms with Crippen LogP contribution in [-0.2, 0) is 17.6 Å². The van der Waals surface area contributed by atoms with Crippen molar-refractivity contribution in [3.63, 3.8) is 0 Å². The molecule has 22 heavy (non-hydrogen) atoms. The van der Waals surface area contributed by atoms with Crippen molar-refractivity contribution in [2.45, 2.75) is 77.1 Å². The Kier molecular flexibility index (Phi) is 3.58. The summed E-state index contributed by atoms with van der Waals surface area (Å²) in [5, 5.41) is 11.1. The third kappa shape index (κ3) is 2.15. The van der Waals surface area contributed by atoms with Crippen LogP contribution >= 0.6 is 0 Å². The second-order valence-corrected chi connectivity index (χ2v) is 7.62. The first kappa shape index (κ1) is 14.7. The molecule has 1 heterocycles. The number of aliphatic hydroxyl groups excluding tert-OH is 1. The monoisotopic (exact) mass is 300 g/mol. The minimum absolute atomic E-state index is 0.200. The van der Waals surface area contributed by atoms with Crippen LogP contribution in [0.1, 0.15) is 61.3 Å². The van der Waals surface area contributed by atoms with E-state index in [1.54, 1.807) is 0 Å². The fraction of sp³-hybridized carbons (Fsp3) is 0.700. The van der Waals surface area contributed by atoms with E-state index in [1.807, 2.05) is 0 Å². The molecular weight excluding hydrogens is 272 g/mol. The van der Waals surface area contributed by atoms with E-state index < -0.39 is 0 Å². The van der Waals surface area contributed by atoms with Gasteiger partial charge in [-0.05, 0) is 67.6 Å². The Bertz CT molecular complexity index is 554. The van der Waals surface area contributed by atoms with Gasteiger partial charge in [0.2, 0.25) is 0 Å². The summed E-state index contributed by atoms with van der Waals surface area (Å²) in [5.74, 6) is 1.39. The fourth-order valence-corrected chi connectivity index (χ4v) is 5.25. The van der Waals surface area contributed by atoms with Crippen molar-refractivity contribution in [1.29, 1.82) is 0 Å². The van der Waals surface area contributed by atoms with Crippen LogP contribution in [0.5, 0.6) is 0 Å². The lowest BCUT2D eigenvalue weighted by molar-refractivity contribution is 0.0688. The van der Waals surface area contributed by atoms with Gasteiger partial charge in [-0.25, -0.2) is 0 Å². The highest BCUT2D eigenvalue weighted by molar-refractivity contribution is 5.44. The lowest BCUT2D eigenvalue weighted by Gasteiger charge is -2.30. The summed E-state index contributed by atoms with van der Waals surface area (Å²) < 4.78 is 6.09. The quantitative estimate of drug-likeness (QED) is 0.862. The van der Waals surface area contributed by atoms with Gasteiger partial charge in [0.15, 0.2) is 0 Å². The number of ether oxygens (including phenoxy) is 1. The summed E-state index contributed by atoms with van der Waals surface area (Å²) in [4.78, 5) is 0. The zero-order valence-electron chi connectivity index (χ0n) is 14.0. The molecule has 0 radical (unpaired) electrons.